The maximum atomic E-state index is 12.6. The summed E-state index contributed by atoms with van der Waals surface area (Å²) in [6.07, 6.45) is 3.63. The highest BCUT2D eigenvalue weighted by Gasteiger charge is 2.25. The van der Waals surface area contributed by atoms with E-state index in [1.165, 1.54) is 19.3 Å². The van der Waals surface area contributed by atoms with Crippen LogP contribution in [0.5, 0.6) is 0 Å². The number of rotatable bonds is 9. The van der Waals surface area contributed by atoms with Crippen LogP contribution in [-0.4, -0.2) is 70.9 Å². The molecular formula is C23H32N4O4S2. The molecule has 1 atom stereocenters. The predicted octanol–water partition coefficient (Wildman–Crippen LogP) is 2.67. The fraction of sp³-hybridized carbons (Fsp3) is 0.522. The van der Waals surface area contributed by atoms with Gasteiger partial charge >= 0.3 is 0 Å². The molecule has 0 aliphatic carbocycles. The van der Waals surface area contributed by atoms with Crippen molar-refractivity contribution in [1.82, 2.24) is 10.2 Å². The van der Waals surface area contributed by atoms with Crippen molar-refractivity contribution >= 4 is 38.6 Å². The molecule has 1 aromatic carbocycles. The van der Waals surface area contributed by atoms with Gasteiger partial charge in [0.1, 0.15) is 5.75 Å². The SMILES string of the molecule is O=C(CS(=O)(=O)Nc1ccc(N2CCCCC2)cc1)NCC(c1cccs1)N1CCOCC1. The molecular weight excluding hydrogens is 460 g/mol. The molecule has 8 nitrogen and oxygen atoms in total. The van der Waals surface area contributed by atoms with Crippen LogP contribution in [0.15, 0.2) is 41.8 Å². The van der Waals surface area contributed by atoms with Crippen molar-refractivity contribution < 1.29 is 17.9 Å². The van der Waals surface area contributed by atoms with Crippen molar-refractivity contribution in [3.63, 3.8) is 0 Å². The van der Waals surface area contributed by atoms with Gasteiger partial charge in [-0.3, -0.25) is 14.4 Å². The van der Waals surface area contributed by atoms with E-state index < -0.39 is 21.7 Å². The lowest BCUT2D eigenvalue weighted by atomic mass is 10.1. The number of sulfonamides is 1. The van der Waals surface area contributed by atoms with E-state index in [4.69, 9.17) is 4.74 Å². The lowest BCUT2D eigenvalue weighted by molar-refractivity contribution is -0.119. The number of benzene rings is 1. The number of anilines is 2. The van der Waals surface area contributed by atoms with Crippen LogP contribution in [0.4, 0.5) is 11.4 Å². The Labute approximate surface area is 200 Å². The normalized spacial score (nSPS) is 18.6. The van der Waals surface area contributed by atoms with Crippen LogP contribution < -0.4 is 14.9 Å². The zero-order valence-corrected chi connectivity index (χ0v) is 20.4. The Balaban J connectivity index is 1.30. The maximum Gasteiger partial charge on any atom is 0.241 e. The van der Waals surface area contributed by atoms with E-state index in [0.717, 1.165) is 36.7 Å². The zero-order valence-electron chi connectivity index (χ0n) is 18.7. The molecule has 0 bridgehead atoms. The molecule has 2 saturated heterocycles. The third kappa shape index (κ3) is 6.92. The van der Waals surface area contributed by atoms with E-state index in [1.54, 1.807) is 23.5 Å². The summed E-state index contributed by atoms with van der Waals surface area (Å²) < 4.78 is 33.1. The number of carbonyl (C=O) groups excluding carboxylic acids is 1. The molecule has 1 aromatic heterocycles. The number of hydrogen-bond acceptors (Lipinski definition) is 7. The third-order valence-electron chi connectivity index (χ3n) is 6.03. The van der Waals surface area contributed by atoms with Crippen LogP contribution in [-0.2, 0) is 19.6 Å². The van der Waals surface area contributed by atoms with E-state index in [-0.39, 0.29) is 6.04 Å². The summed E-state index contributed by atoms with van der Waals surface area (Å²) in [5.74, 6) is -1.12. The smallest absolute Gasteiger partial charge is 0.241 e. The molecule has 3 heterocycles. The van der Waals surface area contributed by atoms with Crippen molar-refractivity contribution in [2.75, 3.05) is 61.3 Å². The zero-order chi connectivity index (χ0) is 23.1. The van der Waals surface area contributed by atoms with Crippen molar-refractivity contribution in [3.05, 3.63) is 46.7 Å². The summed E-state index contributed by atoms with van der Waals surface area (Å²) >= 11 is 1.63. The second-order valence-corrected chi connectivity index (χ2v) is 11.1. The molecule has 4 rings (SSSR count). The first kappa shape index (κ1) is 24.0. The molecule has 2 aromatic rings. The molecule has 2 fully saturated rings. The summed E-state index contributed by atoms with van der Waals surface area (Å²) in [5, 5.41) is 4.83. The summed E-state index contributed by atoms with van der Waals surface area (Å²) in [6, 6.07) is 11.4. The van der Waals surface area contributed by atoms with E-state index >= 15 is 0 Å². The minimum absolute atomic E-state index is 0.0100. The van der Waals surface area contributed by atoms with Gasteiger partial charge in [-0.15, -0.1) is 11.3 Å². The van der Waals surface area contributed by atoms with Gasteiger partial charge in [0.25, 0.3) is 0 Å². The first-order chi connectivity index (χ1) is 16.0. The number of amides is 1. The number of morpholine rings is 1. The number of ether oxygens (including phenoxy) is 1. The van der Waals surface area contributed by atoms with Crippen molar-refractivity contribution in [1.29, 1.82) is 0 Å². The van der Waals surface area contributed by atoms with Crippen molar-refractivity contribution in [3.8, 4) is 0 Å². The first-order valence-electron chi connectivity index (χ1n) is 11.5. The Kier molecular flexibility index (Phi) is 8.24. The van der Waals surface area contributed by atoms with E-state index in [2.05, 4.69) is 19.8 Å². The lowest BCUT2D eigenvalue weighted by Gasteiger charge is -2.34. The minimum Gasteiger partial charge on any atom is -0.379 e. The number of hydrogen-bond donors (Lipinski definition) is 2. The quantitative estimate of drug-likeness (QED) is 0.559. The number of nitrogens with zero attached hydrogens (tertiary/aromatic N) is 2. The standard InChI is InChI=1S/C23H32N4O4S2/c28-23(24-17-21(22-5-4-16-32-22)27-12-14-31-15-13-27)18-33(29,30)25-19-6-8-20(9-7-19)26-10-2-1-3-11-26/h4-9,16,21,25H,1-3,10-15,17-18H2,(H,24,28). The predicted molar refractivity (Wildman–Crippen MR) is 132 cm³/mol. The molecule has 0 spiro atoms. The number of carbonyl (C=O) groups is 1. The topological polar surface area (TPSA) is 91.0 Å². The van der Waals surface area contributed by atoms with Crippen LogP contribution in [0.1, 0.15) is 30.2 Å². The second-order valence-electron chi connectivity index (χ2n) is 8.44. The summed E-state index contributed by atoms with van der Waals surface area (Å²) in [7, 11) is -3.80. The fourth-order valence-electron chi connectivity index (χ4n) is 4.32. The molecule has 1 unspecified atom stereocenters. The molecule has 2 N–H and O–H groups in total. The van der Waals surface area contributed by atoms with Crippen molar-refractivity contribution in [2.45, 2.75) is 25.3 Å². The van der Waals surface area contributed by atoms with Gasteiger partial charge < -0.3 is 15.0 Å². The Morgan fingerprint density at radius 3 is 2.42 bits per heavy atom. The van der Waals surface area contributed by atoms with Crippen LogP contribution in [0.25, 0.3) is 0 Å². The maximum absolute atomic E-state index is 12.6. The first-order valence-corrected chi connectivity index (χ1v) is 14.0. The average molecular weight is 493 g/mol. The van der Waals surface area contributed by atoms with Gasteiger partial charge in [0.2, 0.25) is 15.9 Å². The molecule has 2 aliphatic rings. The van der Waals surface area contributed by atoms with Gasteiger partial charge in [0.15, 0.2) is 0 Å². The Hall–Kier alpha value is -2.14. The molecule has 0 radical (unpaired) electrons. The van der Waals surface area contributed by atoms with Gasteiger partial charge in [0.05, 0.1) is 19.3 Å². The summed E-state index contributed by atoms with van der Waals surface area (Å²) in [4.78, 5) is 18.2. The van der Waals surface area contributed by atoms with Crippen LogP contribution >= 0.6 is 11.3 Å². The van der Waals surface area contributed by atoms with Crippen LogP contribution in [0, 0.1) is 0 Å². The van der Waals surface area contributed by atoms with Crippen LogP contribution in [0.2, 0.25) is 0 Å². The monoisotopic (exact) mass is 492 g/mol. The molecule has 0 saturated carbocycles. The largest absolute Gasteiger partial charge is 0.379 e. The Bertz CT molecular complexity index is 984. The molecule has 1 amide bonds. The highest BCUT2D eigenvalue weighted by Crippen LogP contribution is 2.25. The number of thiophene rings is 1. The third-order valence-corrected chi connectivity index (χ3v) is 8.20. The summed E-state index contributed by atoms with van der Waals surface area (Å²) in [6.45, 7) is 5.30. The fourth-order valence-corrected chi connectivity index (χ4v) is 6.20. The van der Waals surface area contributed by atoms with E-state index in [0.29, 0.717) is 25.4 Å². The molecule has 33 heavy (non-hydrogen) atoms. The highest BCUT2D eigenvalue weighted by atomic mass is 32.2. The Morgan fingerprint density at radius 1 is 1.03 bits per heavy atom. The van der Waals surface area contributed by atoms with Gasteiger partial charge in [-0.05, 0) is 55.0 Å². The lowest BCUT2D eigenvalue weighted by Crippen LogP contribution is -2.44. The van der Waals surface area contributed by atoms with Crippen LogP contribution in [0.3, 0.4) is 0 Å². The minimum atomic E-state index is -3.80. The van der Waals surface area contributed by atoms with E-state index in [9.17, 15) is 13.2 Å². The number of nitrogens with one attached hydrogen (secondary N) is 2. The van der Waals surface area contributed by atoms with Gasteiger partial charge in [-0.25, -0.2) is 8.42 Å². The molecule has 10 heteroatoms. The van der Waals surface area contributed by atoms with Gasteiger partial charge in [-0.1, -0.05) is 6.07 Å². The second kappa shape index (κ2) is 11.3. The molecule has 2 aliphatic heterocycles. The van der Waals surface area contributed by atoms with Gasteiger partial charge in [-0.2, -0.15) is 0 Å². The van der Waals surface area contributed by atoms with E-state index in [1.807, 2.05) is 29.6 Å². The van der Waals surface area contributed by atoms with Gasteiger partial charge in [0, 0.05) is 49.0 Å². The van der Waals surface area contributed by atoms with Crippen molar-refractivity contribution in [2.24, 2.45) is 0 Å². The summed E-state index contributed by atoms with van der Waals surface area (Å²) in [5.41, 5.74) is 1.56. The Morgan fingerprint density at radius 2 is 1.76 bits per heavy atom. The molecule has 180 valence electrons. The average Bonchev–Trinajstić information content (AvgIpc) is 3.35. The highest BCUT2D eigenvalue weighted by molar-refractivity contribution is 7.93. The number of piperidine rings is 1.